The van der Waals surface area contributed by atoms with Gasteiger partial charge in [-0.15, -0.1) is 0 Å². The Morgan fingerprint density at radius 3 is 2.64 bits per heavy atom. The van der Waals surface area contributed by atoms with Gasteiger partial charge in [0.15, 0.2) is 11.9 Å². The molecule has 1 aliphatic heterocycles. The van der Waals surface area contributed by atoms with Gasteiger partial charge < -0.3 is 0 Å². The Bertz CT molecular complexity index is 760. The summed E-state index contributed by atoms with van der Waals surface area (Å²) in [6, 6.07) is 3.95. The molecule has 1 fully saturated rings. The molecule has 0 spiro atoms. The first-order valence-electron chi connectivity index (χ1n) is 6.51. The van der Waals surface area contributed by atoms with E-state index in [2.05, 4.69) is 10.1 Å². The van der Waals surface area contributed by atoms with Crippen LogP contribution in [0.25, 0.3) is 0 Å². The van der Waals surface area contributed by atoms with Crippen molar-refractivity contribution < 1.29 is 14.0 Å². The molecule has 6 nitrogen and oxygen atoms in total. The van der Waals surface area contributed by atoms with Gasteiger partial charge in [0.1, 0.15) is 23.9 Å². The van der Waals surface area contributed by atoms with Crippen LogP contribution in [0.15, 0.2) is 30.9 Å². The normalized spacial score (nSPS) is 20.7. The molecule has 0 aliphatic carbocycles. The Hall–Kier alpha value is -2.28. The largest absolute Gasteiger partial charge is 0.294 e. The van der Waals surface area contributed by atoms with Gasteiger partial charge >= 0.3 is 0 Å². The third-order valence-corrected chi connectivity index (χ3v) is 4.02. The van der Waals surface area contributed by atoms with Gasteiger partial charge in [-0.05, 0) is 32.0 Å². The van der Waals surface area contributed by atoms with Crippen LogP contribution < -0.4 is 4.90 Å². The van der Waals surface area contributed by atoms with Crippen LogP contribution >= 0.6 is 11.6 Å². The van der Waals surface area contributed by atoms with Crippen LogP contribution in [0, 0.1) is 11.2 Å². The molecular formula is C14H12ClFN4O2. The highest BCUT2D eigenvalue weighted by atomic mass is 35.5. The lowest BCUT2D eigenvalue weighted by Gasteiger charge is -2.23. The van der Waals surface area contributed by atoms with Gasteiger partial charge in [-0.3, -0.25) is 14.5 Å². The maximum Gasteiger partial charge on any atom is 0.242 e. The Kier molecular flexibility index (Phi) is 3.25. The zero-order valence-electron chi connectivity index (χ0n) is 11.8. The molecule has 1 aromatic carbocycles. The maximum atomic E-state index is 13.7. The van der Waals surface area contributed by atoms with E-state index in [1.165, 1.54) is 48.2 Å². The summed E-state index contributed by atoms with van der Waals surface area (Å²) < 4.78 is 15.0. The average Bonchev–Trinajstić information content (AvgIpc) is 3.04. The quantitative estimate of drug-likeness (QED) is 0.795. The minimum atomic E-state index is -1.23. The van der Waals surface area contributed by atoms with Crippen LogP contribution in [0.4, 0.5) is 10.1 Å². The molecule has 1 aliphatic rings. The van der Waals surface area contributed by atoms with Crippen molar-refractivity contribution in [2.24, 2.45) is 5.41 Å². The van der Waals surface area contributed by atoms with Gasteiger partial charge in [-0.2, -0.15) is 5.10 Å². The highest BCUT2D eigenvalue weighted by molar-refractivity contribution is 6.31. The fourth-order valence-electron chi connectivity index (χ4n) is 2.43. The van der Waals surface area contributed by atoms with E-state index in [1.54, 1.807) is 0 Å². The number of halogens is 2. The number of carbonyl (C=O) groups excluding carboxylic acids is 2. The van der Waals surface area contributed by atoms with Crippen LogP contribution in [-0.2, 0) is 9.59 Å². The van der Waals surface area contributed by atoms with Gasteiger partial charge in [-0.25, -0.2) is 14.1 Å². The van der Waals surface area contributed by atoms with Gasteiger partial charge in [0.2, 0.25) is 5.91 Å². The number of anilines is 1. The molecule has 1 unspecified atom stereocenters. The zero-order valence-corrected chi connectivity index (χ0v) is 12.6. The zero-order chi connectivity index (χ0) is 16.1. The Labute approximate surface area is 130 Å². The number of carbonyl (C=O) groups is 2. The Morgan fingerprint density at radius 2 is 2.05 bits per heavy atom. The molecule has 2 heterocycles. The summed E-state index contributed by atoms with van der Waals surface area (Å²) in [5, 5.41) is 3.88. The summed E-state index contributed by atoms with van der Waals surface area (Å²) in [6.07, 6.45) is 1.62. The number of nitrogens with zero attached hydrogens (tertiary/aromatic N) is 4. The predicted octanol–water partition coefficient (Wildman–Crippen LogP) is 2.21. The van der Waals surface area contributed by atoms with E-state index in [4.69, 9.17) is 11.6 Å². The fraction of sp³-hybridized carbons (Fsp3) is 0.286. The van der Waals surface area contributed by atoms with Gasteiger partial charge in [-0.1, -0.05) is 11.6 Å². The Balaban J connectivity index is 2.15. The van der Waals surface area contributed by atoms with Crippen molar-refractivity contribution in [1.82, 2.24) is 14.8 Å². The molecule has 1 amide bonds. The topological polar surface area (TPSA) is 68.1 Å². The molecule has 1 atom stereocenters. The Morgan fingerprint density at radius 1 is 1.32 bits per heavy atom. The van der Waals surface area contributed by atoms with Crippen molar-refractivity contribution in [2.45, 2.75) is 20.0 Å². The number of hydrogen-bond donors (Lipinski definition) is 0. The van der Waals surface area contributed by atoms with E-state index >= 15 is 0 Å². The van der Waals surface area contributed by atoms with E-state index in [0.29, 0.717) is 0 Å². The lowest BCUT2D eigenvalue weighted by Crippen LogP contribution is -2.34. The number of ketones is 1. The van der Waals surface area contributed by atoms with Crippen molar-refractivity contribution in [2.75, 3.05) is 4.90 Å². The third-order valence-electron chi connectivity index (χ3n) is 3.72. The number of benzene rings is 1. The minimum absolute atomic E-state index is 0.0571. The number of hydrogen-bond acceptors (Lipinski definition) is 4. The number of amides is 1. The van der Waals surface area contributed by atoms with Gasteiger partial charge in [0, 0.05) is 5.69 Å². The second-order valence-electron chi connectivity index (χ2n) is 5.51. The number of Topliss-reactive ketones (excluding diaryl/α,β-unsaturated/α-hetero) is 1. The van der Waals surface area contributed by atoms with E-state index in [0.717, 1.165) is 6.07 Å². The molecule has 0 N–H and O–H groups in total. The third kappa shape index (κ3) is 2.00. The van der Waals surface area contributed by atoms with Crippen LogP contribution in [0.3, 0.4) is 0 Å². The van der Waals surface area contributed by atoms with Crippen LogP contribution in [0.1, 0.15) is 20.0 Å². The van der Waals surface area contributed by atoms with Crippen LogP contribution in [0.5, 0.6) is 0 Å². The SMILES string of the molecule is CC1(C)C(=O)C(n2cncn2)N(c2ccc(Cl)c(F)c2)C1=O. The van der Waals surface area contributed by atoms with Crippen molar-refractivity contribution in [1.29, 1.82) is 0 Å². The summed E-state index contributed by atoms with van der Waals surface area (Å²) in [4.78, 5) is 30.2. The fourth-order valence-corrected chi connectivity index (χ4v) is 2.55. The van der Waals surface area contributed by atoms with Crippen LogP contribution in [-0.4, -0.2) is 26.5 Å². The summed E-state index contributed by atoms with van der Waals surface area (Å²) in [7, 11) is 0. The summed E-state index contributed by atoms with van der Waals surface area (Å²) in [5.74, 6) is -1.43. The molecule has 0 bridgehead atoms. The molecule has 22 heavy (non-hydrogen) atoms. The first kappa shape index (κ1) is 14.6. The first-order chi connectivity index (χ1) is 10.3. The smallest absolute Gasteiger partial charge is 0.242 e. The average molecular weight is 323 g/mol. The van der Waals surface area contributed by atoms with E-state index < -0.39 is 23.3 Å². The molecule has 1 saturated heterocycles. The highest BCUT2D eigenvalue weighted by Gasteiger charge is 2.55. The lowest BCUT2D eigenvalue weighted by atomic mass is 9.90. The van der Waals surface area contributed by atoms with Gasteiger partial charge in [0.25, 0.3) is 0 Å². The second-order valence-corrected chi connectivity index (χ2v) is 5.92. The molecule has 0 radical (unpaired) electrons. The van der Waals surface area contributed by atoms with Crippen molar-refractivity contribution in [3.63, 3.8) is 0 Å². The molecule has 3 rings (SSSR count). The lowest BCUT2D eigenvalue weighted by molar-refractivity contribution is -0.133. The summed E-state index contributed by atoms with van der Waals surface area (Å²) in [5.41, 5.74) is -0.987. The second kappa shape index (κ2) is 4.88. The highest BCUT2D eigenvalue weighted by Crippen LogP contribution is 2.41. The summed E-state index contributed by atoms with van der Waals surface area (Å²) >= 11 is 5.67. The monoisotopic (exact) mass is 322 g/mol. The standard InChI is InChI=1S/C14H12ClFN4O2/c1-14(2)11(21)12(19-7-17-6-18-19)20(13(14)22)8-3-4-9(15)10(16)5-8/h3-7,12H,1-2H3. The van der Waals surface area contributed by atoms with E-state index in [1.807, 2.05) is 0 Å². The number of aromatic nitrogens is 3. The molecule has 1 aromatic heterocycles. The van der Waals surface area contributed by atoms with Crippen molar-refractivity contribution in [3.05, 3.63) is 41.7 Å². The van der Waals surface area contributed by atoms with E-state index in [-0.39, 0.29) is 16.5 Å². The molecule has 2 aromatic rings. The number of rotatable bonds is 2. The molecule has 8 heteroatoms. The molecule has 0 saturated carbocycles. The summed E-state index contributed by atoms with van der Waals surface area (Å²) in [6.45, 7) is 3.07. The van der Waals surface area contributed by atoms with Crippen molar-refractivity contribution >= 4 is 29.0 Å². The molecular weight excluding hydrogens is 311 g/mol. The first-order valence-corrected chi connectivity index (χ1v) is 6.89. The van der Waals surface area contributed by atoms with E-state index in [9.17, 15) is 14.0 Å². The van der Waals surface area contributed by atoms with Crippen LogP contribution in [0.2, 0.25) is 5.02 Å². The van der Waals surface area contributed by atoms with Gasteiger partial charge in [0.05, 0.1) is 5.02 Å². The molecule has 114 valence electrons. The minimum Gasteiger partial charge on any atom is -0.294 e. The van der Waals surface area contributed by atoms with Crippen molar-refractivity contribution in [3.8, 4) is 0 Å². The maximum absolute atomic E-state index is 13.7. The predicted molar refractivity (Wildman–Crippen MR) is 76.7 cm³/mol.